The van der Waals surface area contributed by atoms with Crippen LogP contribution < -0.4 is 5.32 Å². The molecule has 174 valence electrons. The highest BCUT2D eigenvalue weighted by Gasteiger charge is 2.76. The van der Waals surface area contributed by atoms with Gasteiger partial charge in [0, 0.05) is 17.5 Å². The number of benzene rings is 2. The highest BCUT2D eigenvalue weighted by Crippen LogP contribution is 2.68. The zero-order valence-electron chi connectivity index (χ0n) is 18.7. The van der Waals surface area contributed by atoms with Gasteiger partial charge in [0.1, 0.15) is 6.04 Å². The first kappa shape index (κ1) is 22.2. The lowest BCUT2D eigenvalue weighted by Gasteiger charge is -2.38. The third-order valence-electron chi connectivity index (χ3n) is 7.41. The fourth-order valence-corrected chi connectivity index (χ4v) is 8.56. The summed E-state index contributed by atoms with van der Waals surface area (Å²) < 4.78 is 4.61. The number of ether oxygens (including phenoxy) is 1. The molecule has 2 bridgehead atoms. The first-order valence-corrected chi connectivity index (χ1v) is 12.4. The number of aliphatic hydroxyl groups is 1. The van der Waals surface area contributed by atoms with Crippen molar-refractivity contribution in [3.63, 3.8) is 0 Å². The van der Waals surface area contributed by atoms with E-state index in [0.29, 0.717) is 5.69 Å². The number of thioether (sulfide) groups is 1. The Labute approximate surface area is 196 Å². The van der Waals surface area contributed by atoms with Crippen molar-refractivity contribution in [3.05, 3.63) is 42.5 Å². The van der Waals surface area contributed by atoms with Crippen LogP contribution in [0, 0.1) is 17.8 Å². The molecule has 3 unspecified atom stereocenters. The second kappa shape index (κ2) is 8.33. The van der Waals surface area contributed by atoms with Crippen LogP contribution in [0.4, 0.5) is 5.69 Å². The normalized spacial score (nSPS) is 32.3. The van der Waals surface area contributed by atoms with Crippen molar-refractivity contribution in [2.24, 2.45) is 17.8 Å². The van der Waals surface area contributed by atoms with Gasteiger partial charge in [-0.3, -0.25) is 14.4 Å². The van der Waals surface area contributed by atoms with Crippen molar-refractivity contribution < 1.29 is 24.2 Å². The Bertz CT molecular complexity index is 1120. The Balaban J connectivity index is 1.51. The van der Waals surface area contributed by atoms with Gasteiger partial charge in [-0.05, 0) is 42.2 Å². The number of carbonyl (C=O) groups is 3. The molecular weight excluding hydrogens is 440 g/mol. The highest BCUT2D eigenvalue weighted by molar-refractivity contribution is 8.02. The molecule has 3 saturated heterocycles. The topological polar surface area (TPSA) is 95.9 Å². The summed E-state index contributed by atoms with van der Waals surface area (Å²) in [7, 11) is 0. The molecule has 8 heteroatoms. The number of aliphatic hydroxyl groups excluding tert-OH is 1. The standard InChI is InChI=1S/C25H28N2O5S/c1-3-32-24(31)19-18-12-14(2)25(33-18)20(19)23(30)27(10-11-28)21(25)22(29)26-17-9-8-15-6-4-5-7-16(15)13-17/h4-9,13-14,18-21,28H,3,10-12H2,1-2H3,(H,26,29)/t14?,18-,19+,20+,21?,25?/m1/s1. The molecule has 0 aromatic heterocycles. The first-order chi connectivity index (χ1) is 15.9. The molecular formula is C25H28N2O5S. The summed E-state index contributed by atoms with van der Waals surface area (Å²) in [4.78, 5) is 41.6. The van der Waals surface area contributed by atoms with Crippen LogP contribution >= 0.6 is 11.8 Å². The quantitative estimate of drug-likeness (QED) is 0.633. The van der Waals surface area contributed by atoms with Crippen molar-refractivity contribution in [3.8, 4) is 0 Å². The number of carbonyl (C=O) groups excluding carboxylic acids is 3. The Morgan fingerprint density at radius 1 is 1.24 bits per heavy atom. The average molecular weight is 469 g/mol. The van der Waals surface area contributed by atoms with Gasteiger partial charge in [0.05, 0.1) is 29.8 Å². The van der Waals surface area contributed by atoms with Gasteiger partial charge in [-0.1, -0.05) is 37.3 Å². The summed E-state index contributed by atoms with van der Waals surface area (Å²) >= 11 is 1.60. The van der Waals surface area contributed by atoms with Gasteiger partial charge < -0.3 is 20.1 Å². The number of anilines is 1. The molecule has 5 rings (SSSR count). The summed E-state index contributed by atoms with van der Waals surface area (Å²) in [6.07, 6.45) is 0.755. The second-order valence-electron chi connectivity index (χ2n) is 9.11. The van der Waals surface area contributed by atoms with E-state index in [0.717, 1.165) is 17.2 Å². The number of likely N-dealkylation sites (tertiary alicyclic amines) is 1. The fraction of sp³-hybridized carbons (Fsp3) is 0.480. The van der Waals surface area contributed by atoms with Gasteiger partial charge in [-0.25, -0.2) is 0 Å². The van der Waals surface area contributed by atoms with Gasteiger partial charge in [0.2, 0.25) is 11.8 Å². The van der Waals surface area contributed by atoms with Gasteiger partial charge in [0.15, 0.2) is 0 Å². The van der Waals surface area contributed by atoms with Crippen LogP contribution in [0.5, 0.6) is 0 Å². The van der Waals surface area contributed by atoms with Crippen LogP contribution in [0.15, 0.2) is 42.5 Å². The van der Waals surface area contributed by atoms with Gasteiger partial charge >= 0.3 is 5.97 Å². The van der Waals surface area contributed by atoms with E-state index in [4.69, 9.17) is 4.74 Å². The van der Waals surface area contributed by atoms with E-state index in [1.54, 1.807) is 18.7 Å². The Kier molecular flexibility index (Phi) is 5.61. The van der Waals surface area contributed by atoms with E-state index in [1.165, 1.54) is 4.90 Å². The summed E-state index contributed by atoms with van der Waals surface area (Å²) in [5.41, 5.74) is 0.655. The molecule has 3 aliphatic rings. The molecule has 0 aliphatic carbocycles. The predicted octanol–water partition coefficient (Wildman–Crippen LogP) is 2.67. The Morgan fingerprint density at radius 2 is 2.00 bits per heavy atom. The van der Waals surface area contributed by atoms with Crippen LogP contribution in [0.2, 0.25) is 0 Å². The van der Waals surface area contributed by atoms with E-state index in [2.05, 4.69) is 12.2 Å². The van der Waals surface area contributed by atoms with E-state index >= 15 is 0 Å². The lowest BCUT2D eigenvalue weighted by atomic mass is 9.66. The maximum Gasteiger partial charge on any atom is 0.310 e. The van der Waals surface area contributed by atoms with Crippen molar-refractivity contribution in [1.82, 2.24) is 4.90 Å². The number of nitrogens with one attached hydrogen (secondary N) is 1. The Morgan fingerprint density at radius 3 is 2.73 bits per heavy atom. The number of esters is 1. The molecule has 2 amide bonds. The van der Waals surface area contributed by atoms with Crippen LogP contribution in [0.25, 0.3) is 10.8 Å². The van der Waals surface area contributed by atoms with Crippen LogP contribution in [0.3, 0.4) is 0 Å². The monoisotopic (exact) mass is 468 g/mol. The van der Waals surface area contributed by atoms with Crippen LogP contribution in [-0.2, 0) is 19.1 Å². The molecule has 2 aromatic carbocycles. The lowest BCUT2D eigenvalue weighted by Crippen LogP contribution is -2.54. The molecule has 6 atom stereocenters. The van der Waals surface area contributed by atoms with E-state index in [1.807, 2.05) is 42.5 Å². The molecule has 2 N–H and O–H groups in total. The minimum atomic E-state index is -0.766. The number of fused-ring (bicyclic) bond motifs is 2. The van der Waals surface area contributed by atoms with Crippen molar-refractivity contribution >= 4 is 46.0 Å². The summed E-state index contributed by atoms with van der Waals surface area (Å²) in [6, 6.07) is 12.9. The fourth-order valence-electron chi connectivity index (χ4n) is 6.15. The van der Waals surface area contributed by atoms with Gasteiger partial charge in [-0.2, -0.15) is 0 Å². The van der Waals surface area contributed by atoms with E-state index in [-0.39, 0.29) is 48.7 Å². The largest absolute Gasteiger partial charge is 0.466 e. The number of rotatable bonds is 6. The molecule has 7 nitrogen and oxygen atoms in total. The van der Waals surface area contributed by atoms with Crippen molar-refractivity contribution in [1.29, 1.82) is 0 Å². The number of hydrogen-bond acceptors (Lipinski definition) is 6. The lowest BCUT2D eigenvalue weighted by molar-refractivity contribution is -0.154. The maximum atomic E-state index is 13.7. The molecule has 3 aliphatic heterocycles. The maximum absolute atomic E-state index is 13.7. The smallest absolute Gasteiger partial charge is 0.310 e. The number of nitrogens with zero attached hydrogens (tertiary/aromatic N) is 1. The molecule has 3 fully saturated rings. The number of amides is 2. The predicted molar refractivity (Wildman–Crippen MR) is 127 cm³/mol. The summed E-state index contributed by atoms with van der Waals surface area (Å²) in [5.74, 6) is -1.97. The second-order valence-corrected chi connectivity index (χ2v) is 10.7. The number of hydrogen-bond donors (Lipinski definition) is 2. The SMILES string of the molecule is CCOC(=O)[C@@H]1[C@H]2C(=O)N(CCO)C(C(=O)Nc3ccc4ccccc4c3)C23S[C@@H]1CC3C. The van der Waals surface area contributed by atoms with Gasteiger partial charge in [0.25, 0.3) is 0 Å². The van der Waals surface area contributed by atoms with Crippen LogP contribution in [0.1, 0.15) is 20.3 Å². The molecule has 2 aromatic rings. The van der Waals surface area contributed by atoms with E-state index < -0.39 is 22.6 Å². The minimum Gasteiger partial charge on any atom is -0.466 e. The zero-order chi connectivity index (χ0) is 23.3. The molecule has 3 heterocycles. The molecule has 1 spiro atoms. The third kappa shape index (κ3) is 3.26. The Hall–Kier alpha value is -2.58. The zero-order valence-corrected chi connectivity index (χ0v) is 19.5. The van der Waals surface area contributed by atoms with Crippen molar-refractivity contribution in [2.75, 3.05) is 25.1 Å². The van der Waals surface area contributed by atoms with E-state index in [9.17, 15) is 19.5 Å². The summed E-state index contributed by atoms with van der Waals surface area (Å²) in [5, 5.41) is 14.7. The highest BCUT2D eigenvalue weighted by atomic mass is 32.2. The molecule has 0 radical (unpaired) electrons. The summed E-state index contributed by atoms with van der Waals surface area (Å²) in [6.45, 7) is 3.88. The molecule has 0 saturated carbocycles. The average Bonchev–Trinajstić information content (AvgIpc) is 3.38. The number of β-amino-alcohol motifs (C(OH)–C–C–N with tert-alkyl or cyclic N) is 1. The van der Waals surface area contributed by atoms with Crippen LogP contribution in [-0.4, -0.2) is 63.6 Å². The van der Waals surface area contributed by atoms with Crippen molar-refractivity contribution in [2.45, 2.75) is 36.3 Å². The third-order valence-corrected chi connectivity index (χ3v) is 9.49. The minimum absolute atomic E-state index is 0.0414. The van der Waals surface area contributed by atoms with Gasteiger partial charge in [-0.15, -0.1) is 11.8 Å². The molecule has 33 heavy (non-hydrogen) atoms. The first-order valence-electron chi connectivity index (χ1n) is 11.5.